The van der Waals surface area contributed by atoms with Gasteiger partial charge in [0.2, 0.25) is 5.95 Å². The van der Waals surface area contributed by atoms with Crippen molar-refractivity contribution in [2.75, 3.05) is 5.43 Å². The van der Waals surface area contributed by atoms with Gasteiger partial charge >= 0.3 is 0 Å². The Balaban J connectivity index is 1.84. The highest BCUT2D eigenvalue weighted by atomic mass is 16.1. The molecule has 0 unspecified atom stereocenters. The second kappa shape index (κ2) is 9.50. The van der Waals surface area contributed by atoms with Crippen LogP contribution in [0.3, 0.4) is 0 Å². The standard InChI is InChI=1S/C17H23N5O/c1-2-3-4-5-9-12-18-21-17-19-16(23)15(20-22-17)13-14-10-7-6-8-11-14/h6-8,10-12H,2-5,9,13H2,1H3,(H2,19,21,22,23). The molecule has 0 spiro atoms. The zero-order valence-corrected chi connectivity index (χ0v) is 13.5. The van der Waals surface area contributed by atoms with Crippen LogP contribution in [0.2, 0.25) is 0 Å². The minimum absolute atomic E-state index is 0.246. The van der Waals surface area contributed by atoms with Gasteiger partial charge in [-0.2, -0.15) is 5.10 Å². The van der Waals surface area contributed by atoms with E-state index in [9.17, 15) is 4.79 Å². The molecule has 0 fully saturated rings. The number of aromatic nitrogens is 3. The van der Waals surface area contributed by atoms with Gasteiger partial charge in [-0.25, -0.2) is 5.43 Å². The van der Waals surface area contributed by atoms with Crippen molar-refractivity contribution < 1.29 is 0 Å². The molecule has 1 aromatic heterocycles. The molecule has 2 aromatic rings. The molecule has 0 aliphatic heterocycles. The monoisotopic (exact) mass is 313 g/mol. The van der Waals surface area contributed by atoms with E-state index in [4.69, 9.17) is 0 Å². The molecule has 0 bridgehead atoms. The summed E-state index contributed by atoms with van der Waals surface area (Å²) in [6.07, 6.45) is 7.99. The minimum Gasteiger partial charge on any atom is -0.288 e. The van der Waals surface area contributed by atoms with Crippen LogP contribution in [0.25, 0.3) is 0 Å². The fourth-order valence-electron chi connectivity index (χ4n) is 2.15. The van der Waals surface area contributed by atoms with Gasteiger partial charge in [0.15, 0.2) is 0 Å². The second-order valence-electron chi connectivity index (χ2n) is 5.38. The summed E-state index contributed by atoms with van der Waals surface area (Å²) < 4.78 is 0. The van der Waals surface area contributed by atoms with Crippen molar-refractivity contribution in [3.63, 3.8) is 0 Å². The SMILES string of the molecule is CCCCCCC=NNc1nnc(Cc2ccccc2)c(=O)[nH]1. The first-order valence-electron chi connectivity index (χ1n) is 8.07. The Morgan fingerprint density at radius 3 is 2.74 bits per heavy atom. The first-order valence-corrected chi connectivity index (χ1v) is 8.07. The van der Waals surface area contributed by atoms with Gasteiger partial charge < -0.3 is 0 Å². The Hall–Kier alpha value is -2.50. The fourth-order valence-corrected chi connectivity index (χ4v) is 2.15. The first kappa shape index (κ1) is 16.9. The lowest BCUT2D eigenvalue weighted by Gasteiger charge is -2.01. The van der Waals surface area contributed by atoms with E-state index in [1.807, 2.05) is 30.3 Å². The average Bonchev–Trinajstić information content (AvgIpc) is 2.57. The predicted octanol–water partition coefficient (Wildman–Crippen LogP) is 3.12. The average molecular weight is 313 g/mol. The Labute approximate surface area is 136 Å². The Kier molecular flexibility index (Phi) is 6.97. The number of hydrogen-bond donors (Lipinski definition) is 2. The number of rotatable bonds is 9. The third kappa shape index (κ3) is 6.02. The molecule has 0 amide bonds. The number of hydrazone groups is 1. The van der Waals surface area contributed by atoms with Crippen molar-refractivity contribution in [3.05, 3.63) is 51.9 Å². The van der Waals surface area contributed by atoms with Gasteiger partial charge in [-0.05, 0) is 18.4 Å². The molecule has 2 N–H and O–H groups in total. The van der Waals surface area contributed by atoms with Crippen molar-refractivity contribution >= 4 is 12.2 Å². The smallest absolute Gasteiger partial charge is 0.274 e. The molecule has 122 valence electrons. The number of hydrogen-bond acceptors (Lipinski definition) is 5. The van der Waals surface area contributed by atoms with Crippen molar-refractivity contribution in [3.8, 4) is 0 Å². The van der Waals surface area contributed by atoms with E-state index < -0.39 is 0 Å². The number of aromatic amines is 1. The molecule has 1 heterocycles. The fraction of sp³-hybridized carbons (Fsp3) is 0.412. The number of unbranched alkanes of at least 4 members (excludes halogenated alkanes) is 4. The molecule has 0 aliphatic rings. The third-order valence-electron chi connectivity index (χ3n) is 3.43. The van der Waals surface area contributed by atoms with E-state index in [0.29, 0.717) is 12.1 Å². The highest BCUT2D eigenvalue weighted by Crippen LogP contribution is 2.03. The molecule has 0 atom stereocenters. The number of nitrogens with one attached hydrogen (secondary N) is 2. The summed E-state index contributed by atoms with van der Waals surface area (Å²) in [6, 6.07) is 9.71. The Morgan fingerprint density at radius 2 is 2.00 bits per heavy atom. The number of nitrogens with zero attached hydrogens (tertiary/aromatic N) is 3. The topological polar surface area (TPSA) is 83.0 Å². The van der Waals surface area contributed by atoms with Crippen LogP contribution < -0.4 is 11.0 Å². The molecule has 2 rings (SSSR count). The van der Waals surface area contributed by atoms with Crippen molar-refractivity contribution in [2.24, 2.45) is 5.10 Å². The maximum atomic E-state index is 12.0. The Bertz CT molecular complexity index is 666. The molecule has 23 heavy (non-hydrogen) atoms. The first-order chi connectivity index (χ1) is 11.3. The van der Waals surface area contributed by atoms with Gasteiger partial charge in [-0.1, -0.05) is 56.5 Å². The third-order valence-corrected chi connectivity index (χ3v) is 3.43. The van der Waals surface area contributed by atoms with Gasteiger partial charge in [0.25, 0.3) is 5.56 Å². The lowest BCUT2D eigenvalue weighted by molar-refractivity contribution is 0.685. The summed E-state index contributed by atoms with van der Waals surface area (Å²) in [6.45, 7) is 2.19. The zero-order chi connectivity index (χ0) is 16.3. The molecule has 0 radical (unpaired) electrons. The van der Waals surface area contributed by atoms with Crippen LogP contribution in [0.15, 0.2) is 40.2 Å². The molecular formula is C17H23N5O. The number of H-pyrrole nitrogens is 1. The summed E-state index contributed by atoms with van der Waals surface area (Å²) in [4.78, 5) is 14.7. The van der Waals surface area contributed by atoms with E-state index in [1.165, 1.54) is 19.3 Å². The molecule has 1 aromatic carbocycles. The summed E-state index contributed by atoms with van der Waals surface area (Å²) >= 11 is 0. The van der Waals surface area contributed by atoms with Crippen LogP contribution in [0.4, 0.5) is 5.95 Å². The Morgan fingerprint density at radius 1 is 1.17 bits per heavy atom. The minimum atomic E-state index is -0.246. The predicted molar refractivity (Wildman–Crippen MR) is 92.8 cm³/mol. The van der Waals surface area contributed by atoms with E-state index in [0.717, 1.165) is 18.4 Å². The summed E-state index contributed by atoms with van der Waals surface area (Å²) in [5, 5.41) is 12.0. The maximum absolute atomic E-state index is 12.0. The molecular weight excluding hydrogens is 290 g/mol. The van der Waals surface area contributed by atoms with Crippen LogP contribution in [0.1, 0.15) is 50.3 Å². The molecule has 0 saturated heterocycles. The quantitative estimate of drug-likeness (QED) is 0.423. The van der Waals surface area contributed by atoms with Crippen molar-refractivity contribution in [1.82, 2.24) is 15.2 Å². The van der Waals surface area contributed by atoms with Crippen LogP contribution in [-0.2, 0) is 6.42 Å². The van der Waals surface area contributed by atoms with Crippen LogP contribution >= 0.6 is 0 Å². The van der Waals surface area contributed by atoms with E-state index in [1.54, 1.807) is 6.21 Å². The molecule has 6 heteroatoms. The lowest BCUT2D eigenvalue weighted by atomic mass is 10.1. The van der Waals surface area contributed by atoms with E-state index >= 15 is 0 Å². The second-order valence-corrected chi connectivity index (χ2v) is 5.38. The van der Waals surface area contributed by atoms with Gasteiger partial charge in [0, 0.05) is 12.6 Å². The highest BCUT2D eigenvalue weighted by Gasteiger charge is 2.05. The summed E-state index contributed by atoms with van der Waals surface area (Å²) in [5.41, 5.74) is 3.88. The zero-order valence-electron chi connectivity index (χ0n) is 13.5. The van der Waals surface area contributed by atoms with E-state index in [-0.39, 0.29) is 11.5 Å². The van der Waals surface area contributed by atoms with Gasteiger partial charge in [-0.15, -0.1) is 10.2 Å². The number of anilines is 1. The lowest BCUT2D eigenvalue weighted by Crippen LogP contribution is -2.18. The van der Waals surface area contributed by atoms with Gasteiger partial charge in [0.1, 0.15) is 5.69 Å². The van der Waals surface area contributed by atoms with Gasteiger partial charge in [0.05, 0.1) is 0 Å². The van der Waals surface area contributed by atoms with Crippen LogP contribution in [0.5, 0.6) is 0 Å². The largest absolute Gasteiger partial charge is 0.288 e. The summed E-state index contributed by atoms with van der Waals surface area (Å²) in [5.74, 6) is 0.261. The van der Waals surface area contributed by atoms with Crippen molar-refractivity contribution in [1.29, 1.82) is 0 Å². The van der Waals surface area contributed by atoms with Crippen LogP contribution in [0, 0.1) is 0 Å². The molecule has 0 aliphatic carbocycles. The molecule has 6 nitrogen and oxygen atoms in total. The maximum Gasteiger partial charge on any atom is 0.274 e. The summed E-state index contributed by atoms with van der Waals surface area (Å²) in [7, 11) is 0. The normalized spacial score (nSPS) is 11.0. The molecule has 0 saturated carbocycles. The highest BCUT2D eigenvalue weighted by molar-refractivity contribution is 5.58. The van der Waals surface area contributed by atoms with Crippen molar-refractivity contribution in [2.45, 2.75) is 45.4 Å². The van der Waals surface area contributed by atoms with Gasteiger partial charge in [-0.3, -0.25) is 9.78 Å². The number of benzene rings is 1. The van der Waals surface area contributed by atoms with E-state index in [2.05, 4.69) is 32.6 Å². The van der Waals surface area contributed by atoms with Crippen LogP contribution in [-0.4, -0.2) is 21.4 Å².